The Kier molecular flexibility index (Phi) is 435. The maximum Gasteiger partial charge on any atom is 4.00 e. The maximum absolute atomic E-state index is 0. The van der Waals surface area contributed by atoms with Gasteiger partial charge in [-0.05, 0) is 0 Å². The molecule has 0 N–H and O–H groups in total. The van der Waals surface area contributed by atoms with Gasteiger partial charge in [-0.3, -0.25) is 0 Å². The van der Waals surface area contributed by atoms with Gasteiger partial charge in [0.15, 0.2) is 0 Å². The van der Waals surface area contributed by atoms with E-state index < -0.39 is 0 Å². The summed E-state index contributed by atoms with van der Waals surface area (Å²) in [6.45, 7) is 0. The predicted octanol–water partition coefficient (Wildman–Crippen LogP) is -1.53. The zero-order valence-electron chi connectivity index (χ0n) is 3.29. The molecular weight excluding hydrogens is 443 g/mol. The minimum atomic E-state index is 0. The minimum Gasteiger partial charge on any atom is -3.00 e. The second-order valence-electron chi connectivity index (χ2n) is 0. The summed E-state index contributed by atoms with van der Waals surface area (Å²) in [5.74, 6) is 0. The van der Waals surface area contributed by atoms with Crippen molar-refractivity contribution in [3.63, 3.8) is 0 Å². The zero-order valence-corrected chi connectivity index (χ0v) is 15.5. The van der Waals surface area contributed by atoms with Gasteiger partial charge in [0, 0.05) is 0 Å². The Hall–Kier alpha value is 4.38. The summed E-state index contributed by atoms with van der Waals surface area (Å²) in [6, 6.07) is 0. The molecule has 0 aliphatic rings. The van der Waals surface area contributed by atoms with Gasteiger partial charge in [-0.1, -0.05) is 0 Å². The van der Waals surface area contributed by atoms with Crippen LogP contribution in [0.5, 0.6) is 0 Å². The molecule has 0 amide bonds. The number of hydrogen-bond acceptors (Lipinski definition) is 0. The molecule has 0 saturated carbocycles. The van der Waals surface area contributed by atoms with Gasteiger partial charge in [0.25, 0.3) is 0 Å². The average molecular weight is 443 g/mol. The Morgan fingerprint density at radius 2 is 0.286 bits per heavy atom. The van der Waals surface area contributed by atoms with Gasteiger partial charge in [-0.15, -0.1) is 0 Å². The van der Waals surface area contributed by atoms with Crippen LogP contribution in [0.25, 0.3) is 0 Å². The predicted molar refractivity (Wildman–Crippen MR) is 23.0 cm³/mol. The van der Waals surface area contributed by atoms with Crippen molar-refractivity contribution in [1.82, 2.24) is 0 Å². The van der Waals surface area contributed by atoms with Crippen LogP contribution in [0.15, 0.2) is 0 Å². The molecule has 0 aromatic carbocycles. The van der Waals surface area contributed by atoms with E-state index in [1.165, 1.54) is 0 Å². The molecule has 0 rings (SSSR count). The summed E-state index contributed by atoms with van der Waals surface area (Å²) in [6.07, 6.45) is 0. The molecule has 0 aliphatic carbocycles. The molecule has 0 spiro atoms. The first kappa shape index (κ1) is 64.0. The van der Waals surface area contributed by atoms with Gasteiger partial charge in [-0.25, -0.2) is 0 Å². The average Bonchev–Trinajstić information content (AvgIpc) is 0. The first-order chi connectivity index (χ1) is 0. The number of hydrogen-bond donors (Lipinski definition) is 0. The second kappa shape index (κ2) is 47.6. The van der Waals surface area contributed by atoms with Crippen LogP contribution in [0.2, 0.25) is 0 Å². The molecular formula is As4Ti3. The fourth-order valence-corrected chi connectivity index (χ4v) is 0. The van der Waals surface area contributed by atoms with Gasteiger partial charge in [0.05, 0.1) is 0 Å². The van der Waals surface area contributed by atoms with Crippen LogP contribution in [0, 0.1) is 0 Å². The van der Waals surface area contributed by atoms with Crippen molar-refractivity contribution < 1.29 is 65.2 Å². The van der Waals surface area contributed by atoms with E-state index >= 15 is 0 Å². The molecule has 0 radical (unpaired) electrons. The summed E-state index contributed by atoms with van der Waals surface area (Å²) >= 11 is 0. The van der Waals surface area contributed by atoms with E-state index in [1.54, 1.807) is 0 Å². The normalized spacial score (nSPS) is 0. The summed E-state index contributed by atoms with van der Waals surface area (Å²) in [7, 11) is 0. The second-order valence-corrected chi connectivity index (χ2v) is 0. The van der Waals surface area contributed by atoms with Gasteiger partial charge >= 0.3 is 65.2 Å². The standard InChI is InChI=1S/4As.3Ti/q4*-3;3*+4. The van der Waals surface area contributed by atoms with Gasteiger partial charge in [-0.2, -0.15) is 0 Å². The third-order valence-electron chi connectivity index (χ3n) is 0. The van der Waals surface area contributed by atoms with E-state index in [2.05, 4.69) is 0 Å². The van der Waals surface area contributed by atoms with E-state index in [1.807, 2.05) is 0 Å². The van der Waals surface area contributed by atoms with Gasteiger partial charge < -0.3 is 71.8 Å². The minimum absolute atomic E-state index is 0. The molecule has 0 heterocycles. The molecule has 0 saturated heterocycles. The van der Waals surface area contributed by atoms with Crippen molar-refractivity contribution in [1.29, 1.82) is 0 Å². The summed E-state index contributed by atoms with van der Waals surface area (Å²) in [5.41, 5.74) is 0. The summed E-state index contributed by atoms with van der Waals surface area (Å²) in [5, 5.41) is 0. The quantitative estimate of drug-likeness (QED) is 0.399. The largest absolute Gasteiger partial charge is 4.00 e. The van der Waals surface area contributed by atoms with Gasteiger partial charge in [0.2, 0.25) is 0 Å². The maximum atomic E-state index is 0. The fourth-order valence-electron chi connectivity index (χ4n) is 0. The molecule has 0 bridgehead atoms. The Morgan fingerprint density at radius 3 is 0.286 bits per heavy atom. The third-order valence-corrected chi connectivity index (χ3v) is 0. The monoisotopic (exact) mass is 444 g/mol. The first-order valence-electron chi connectivity index (χ1n) is 0. The molecule has 0 aromatic heterocycles. The Bertz CT molecular complexity index is 6.90. The van der Waals surface area contributed by atoms with Gasteiger partial charge in [0.1, 0.15) is 0 Å². The molecule has 0 nitrogen and oxygen atoms in total. The van der Waals surface area contributed by atoms with Crippen molar-refractivity contribution >= 4 is 71.8 Å². The van der Waals surface area contributed by atoms with E-state index in [4.69, 9.17) is 0 Å². The van der Waals surface area contributed by atoms with Crippen molar-refractivity contribution in [3.05, 3.63) is 0 Å². The van der Waals surface area contributed by atoms with Crippen LogP contribution in [-0.4, -0.2) is 71.8 Å². The molecule has 0 unspecified atom stereocenters. The summed E-state index contributed by atoms with van der Waals surface area (Å²) in [4.78, 5) is 0. The molecule has 0 atom stereocenters. The van der Waals surface area contributed by atoms with Crippen molar-refractivity contribution in [3.8, 4) is 0 Å². The van der Waals surface area contributed by atoms with Crippen LogP contribution >= 0.6 is 0 Å². The SMILES string of the molecule is [As-3].[As-3].[As-3].[As-3].[Ti+4].[Ti+4].[Ti+4]. The smallest absolute Gasteiger partial charge is 3.00 e. The first-order valence-corrected chi connectivity index (χ1v) is 0. The molecule has 0 aromatic rings. The Balaban J connectivity index is 0. The van der Waals surface area contributed by atoms with Crippen LogP contribution in [0.3, 0.4) is 0 Å². The van der Waals surface area contributed by atoms with Crippen LogP contribution in [0.1, 0.15) is 0 Å². The van der Waals surface area contributed by atoms with Crippen LogP contribution in [0.4, 0.5) is 0 Å². The van der Waals surface area contributed by atoms with E-state index in [0.717, 1.165) is 0 Å². The Morgan fingerprint density at radius 1 is 0.286 bits per heavy atom. The molecule has 7 heavy (non-hydrogen) atoms. The fraction of sp³-hybridized carbons (Fsp3) is 0. The summed E-state index contributed by atoms with van der Waals surface area (Å²) < 4.78 is 0. The molecule has 32 valence electrons. The van der Waals surface area contributed by atoms with E-state index in [-0.39, 0.29) is 137 Å². The van der Waals surface area contributed by atoms with Crippen molar-refractivity contribution in [2.24, 2.45) is 0 Å². The van der Waals surface area contributed by atoms with Crippen molar-refractivity contribution in [2.45, 2.75) is 0 Å². The Labute approximate surface area is 134 Å². The molecule has 0 fully saturated rings. The van der Waals surface area contributed by atoms with E-state index in [0.29, 0.717) is 0 Å². The topological polar surface area (TPSA) is 0 Å². The van der Waals surface area contributed by atoms with Crippen LogP contribution < -0.4 is 0 Å². The van der Waals surface area contributed by atoms with E-state index in [9.17, 15) is 0 Å². The van der Waals surface area contributed by atoms with Crippen LogP contribution in [-0.2, 0) is 65.2 Å². The number of rotatable bonds is 0. The zero-order chi connectivity index (χ0) is 0. The molecule has 7 heteroatoms. The molecule has 0 aliphatic heterocycles. The van der Waals surface area contributed by atoms with Crippen molar-refractivity contribution in [2.75, 3.05) is 0 Å². The third kappa shape index (κ3) is 38.0.